The minimum Gasteiger partial charge on any atom is -0.398 e. The number of fused-ring (bicyclic) bond motifs is 2. The van der Waals surface area contributed by atoms with Crippen molar-refractivity contribution in [1.29, 1.82) is 0 Å². The molecule has 3 heteroatoms. The number of nitrogens with zero attached hydrogens (tertiary/aromatic N) is 1. The summed E-state index contributed by atoms with van der Waals surface area (Å²) in [5, 5.41) is 2.30. The molecule has 0 radical (unpaired) electrons. The Balaban J connectivity index is 0.000000121. The average Bonchev–Trinajstić information content (AvgIpc) is 2.98. The third kappa shape index (κ3) is 2.47. The van der Waals surface area contributed by atoms with Crippen LogP contribution in [0.4, 0.5) is 5.69 Å². The molecule has 0 saturated carbocycles. The zero-order chi connectivity index (χ0) is 13.8. The van der Waals surface area contributed by atoms with Crippen molar-refractivity contribution in [1.82, 2.24) is 9.97 Å². The maximum atomic E-state index is 5.68. The number of hydrogen-bond donors (Lipinski definition) is 2. The fourth-order valence-electron chi connectivity index (χ4n) is 2.13. The van der Waals surface area contributed by atoms with Crippen molar-refractivity contribution in [3.05, 3.63) is 73.1 Å². The highest BCUT2D eigenvalue weighted by Gasteiger charge is 1.94. The molecule has 98 valence electrons. The van der Waals surface area contributed by atoms with Gasteiger partial charge in [-0.15, -0.1) is 0 Å². The number of nitrogens with one attached hydrogen (secondary N) is 1. The molecule has 0 unspecified atom stereocenters. The number of nitrogens with two attached hydrogens (primary N) is 1. The molecular weight excluding hydrogens is 246 g/mol. The van der Waals surface area contributed by atoms with Gasteiger partial charge in [0.1, 0.15) is 0 Å². The topological polar surface area (TPSA) is 54.7 Å². The quantitative estimate of drug-likeness (QED) is 0.470. The van der Waals surface area contributed by atoms with Gasteiger partial charge in [0.25, 0.3) is 0 Å². The fraction of sp³-hybridized carbons (Fsp3) is 0. The first kappa shape index (κ1) is 12.2. The van der Waals surface area contributed by atoms with Crippen LogP contribution in [0.2, 0.25) is 0 Å². The van der Waals surface area contributed by atoms with E-state index in [0.29, 0.717) is 0 Å². The largest absolute Gasteiger partial charge is 0.398 e. The number of rotatable bonds is 0. The van der Waals surface area contributed by atoms with Gasteiger partial charge < -0.3 is 10.7 Å². The molecular formula is C17H15N3. The Kier molecular flexibility index (Phi) is 3.33. The molecule has 0 aliphatic heterocycles. The van der Waals surface area contributed by atoms with Crippen molar-refractivity contribution in [3.8, 4) is 0 Å². The molecule has 0 fully saturated rings. The van der Waals surface area contributed by atoms with E-state index >= 15 is 0 Å². The molecule has 0 aliphatic rings. The number of H-pyrrole nitrogens is 1. The molecule has 0 bridgehead atoms. The number of hydrogen-bond acceptors (Lipinski definition) is 2. The van der Waals surface area contributed by atoms with Crippen molar-refractivity contribution in [2.24, 2.45) is 0 Å². The first-order valence-electron chi connectivity index (χ1n) is 6.46. The van der Waals surface area contributed by atoms with Crippen LogP contribution in [0, 0.1) is 0 Å². The lowest BCUT2D eigenvalue weighted by molar-refractivity contribution is 1.41. The van der Waals surface area contributed by atoms with Gasteiger partial charge in [0.05, 0.1) is 5.52 Å². The number of nitrogen functional groups attached to an aromatic ring is 1. The summed E-state index contributed by atoms with van der Waals surface area (Å²) in [7, 11) is 0. The Morgan fingerprint density at radius 2 is 1.70 bits per heavy atom. The lowest BCUT2D eigenvalue weighted by Gasteiger charge is -1.92. The minimum absolute atomic E-state index is 0.832. The summed E-state index contributed by atoms with van der Waals surface area (Å²) in [4.78, 5) is 7.26. The molecule has 0 atom stereocenters. The second-order valence-electron chi connectivity index (χ2n) is 4.48. The number of benzene rings is 2. The zero-order valence-electron chi connectivity index (χ0n) is 11.0. The lowest BCUT2D eigenvalue weighted by Crippen LogP contribution is -1.82. The molecule has 4 rings (SSSR count). The minimum atomic E-state index is 0.832. The van der Waals surface area contributed by atoms with Crippen LogP contribution in [0.1, 0.15) is 0 Å². The van der Waals surface area contributed by atoms with Crippen LogP contribution < -0.4 is 5.73 Å². The summed E-state index contributed by atoms with van der Waals surface area (Å²) >= 11 is 0. The molecule has 0 amide bonds. The molecule has 0 aliphatic carbocycles. The molecule has 3 N–H and O–H groups in total. The van der Waals surface area contributed by atoms with E-state index in [-0.39, 0.29) is 0 Å². The summed E-state index contributed by atoms with van der Waals surface area (Å²) in [6.07, 6.45) is 3.70. The summed E-state index contributed by atoms with van der Waals surface area (Å²) in [5.41, 5.74) is 8.67. The van der Waals surface area contributed by atoms with Gasteiger partial charge in [-0.1, -0.05) is 30.3 Å². The second kappa shape index (κ2) is 5.45. The summed E-state index contributed by atoms with van der Waals surface area (Å²) in [6.45, 7) is 0. The SMILES string of the molecule is Nc1cccc2[nH]ccc12.c1ccc2ncccc2c1. The highest BCUT2D eigenvalue weighted by atomic mass is 14.7. The van der Waals surface area contributed by atoms with Crippen LogP contribution in [0.25, 0.3) is 21.8 Å². The van der Waals surface area contributed by atoms with Gasteiger partial charge in [0.2, 0.25) is 0 Å². The molecule has 2 aromatic heterocycles. The molecule has 20 heavy (non-hydrogen) atoms. The Morgan fingerprint density at radius 3 is 2.55 bits per heavy atom. The summed E-state index contributed by atoms with van der Waals surface area (Å²) in [5.74, 6) is 0. The van der Waals surface area contributed by atoms with Gasteiger partial charge in [-0.3, -0.25) is 4.98 Å². The van der Waals surface area contributed by atoms with Crippen molar-refractivity contribution in [3.63, 3.8) is 0 Å². The van der Waals surface area contributed by atoms with Gasteiger partial charge in [-0.05, 0) is 30.3 Å². The van der Waals surface area contributed by atoms with Gasteiger partial charge in [0, 0.05) is 34.4 Å². The average molecular weight is 261 g/mol. The standard InChI is InChI=1S/C9H7N.C8H8N2/c1-2-6-9-8(4-1)5-3-7-10-9;9-7-2-1-3-8-6(7)4-5-10-8/h1-7H;1-5,10H,9H2. The molecule has 4 aromatic rings. The number of aromatic nitrogens is 2. The second-order valence-corrected chi connectivity index (χ2v) is 4.48. The number of pyridine rings is 1. The fourth-order valence-corrected chi connectivity index (χ4v) is 2.13. The predicted molar refractivity (Wildman–Crippen MR) is 84.5 cm³/mol. The van der Waals surface area contributed by atoms with Crippen molar-refractivity contribution in [2.45, 2.75) is 0 Å². The molecule has 3 nitrogen and oxygen atoms in total. The maximum absolute atomic E-state index is 5.68. The Bertz CT molecular complexity index is 768. The van der Waals surface area contributed by atoms with E-state index in [2.05, 4.69) is 22.1 Å². The van der Waals surface area contributed by atoms with Crippen molar-refractivity contribution < 1.29 is 0 Å². The normalized spacial score (nSPS) is 10.2. The zero-order valence-corrected chi connectivity index (χ0v) is 11.0. The summed E-state index contributed by atoms with van der Waals surface area (Å²) in [6, 6.07) is 19.9. The Hall–Kier alpha value is -2.81. The van der Waals surface area contributed by atoms with Gasteiger partial charge in [0.15, 0.2) is 0 Å². The highest BCUT2D eigenvalue weighted by molar-refractivity contribution is 5.90. The Labute approximate surface area is 117 Å². The molecule has 0 saturated heterocycles. The van der Waals surface area contributed by atoms with Crippen LogP contribution in [-0.2, 0) is 0 Å². The number of anilines is 1. The summed E-state index contributed by atoms with van der Waals surface area (Å²) < 4.78 is 0. The van der Waals surface area contributed by atoms with Crippen LogP contribution >= 0.6 is 0 Å². The highest BCUT2D eigenvalue weighted by Crippen LogP contribution is 2.18. The number of para-hydroxylation sites is 1. The van der Waals surface area contributed by atoms with Gasteiger partial charge in [-0.25, -0.2) is 0 Å². The van der Waals surface area contributed by atoms with Crippen LogP contribution in [0.3, 0.4) is 0 Å². The smallest absolute Gasteiger partial charge is 0.0701 e. The van der Waals surface area contributed by atoms with E-state index < -0.39 is 0 Å². The first-order valence-corrected chi connectivity index (χ1v) is 6.46. The Morgan fingerprint density at radius 1 is 0.850 bits per heavy atom. The van der Waals surface area contributed by atoms with E-state index in [9.17, 15) is 0 Å². The van der Waals surface area contributed by atoms with Crippen molar-refractivity contribution in [2.75, 3.05) is 5.73 Å². The monoisotopic (exact) mass is 261 g/mol. The lowest BCUT2D eigenvalue weighted by atomic mass is 10.2. The number of aromatic amines is 1. The molecule has 0 spiro atoms. The van der Waals surface area contributed by atoms with E-state index in [1.54, 1.807) is 0 Å². The molecule has 2 heterocycles. The van der Waals surface area contributed by atoms with Crippen LogP contribution in [0.15, 0.2) is 73.1 Å². The van der Waals surface area contributed by atoms with E-state index in [1.165, 1.54) is 5.39 Å². The van der Waals surface area contributed by atoms with Gasteiger partial charge >= 0.3 is 0 Å². The van der Waals surface area contributed by atoms with E-state index in [0.717, 1.165) is 22.1 Å². The van der Waals surface area contributed by atoms with Crippen LogP contribution in [0.5, 0.6) is 0 Å². The molecule has 2 aromatic carbocycles. The van der Waals surface area contributed by atoms with Crippen LogP contribution in [-0.4, -0.2) is 9.97 Å². The van der Waals surface area contributed by atoms with Gasteiger partial charge in [-0.2, -0.15) is 0 Å². The van der Waals surface area contributed by atoms with E-state index in [1.807, 2.05) is 60.9 Å². The van der Waals surface area contributed by atoms with E-state index in [4.69, 9.17) is 5.73 Å². The third-order valence-corrected chi connectivity index (χ3v) is 3.14. The predicted octanol–water partition coefficient (Wildman–Crippen LogP) is 3.98. The first-order chi connectivity index (χ1) is 9.84. The van der Waals surface area contributed by atoms with Crippen molar-refractivity contribution >= 4 is 27.5 Å². The third-order valence-electron chi connectivity index (χ3n) is 3.14. The maximum Gasteiger partial charge on any atom is 0.0701 e.